The number of anilines is 1. The van der Waals surface area contributed by atoms with Gasteiger partial charge in [-0.15, -0.1) is 0 Å². The van der Waals surface area contributed by atoms with Gasteiger partial charge in [-0.3, -0.25) is 10.2 Å². The number of hydrogen-bond donors (Lipinski definition) is 3. The fourth-order valence-corrected chi connectivity index (χ4v) is 5.21. The molecule has 1 aliphatic heterocycles. The van der Waals surface area contributed by atoms with Crippen LogP contribution in [0.3, 0.4) is 0 Å². The van der Waals surface area contributed by atoms with E-state index < -0.39 is 48.3 Å². The van der Waals surface area contributed by atoms with Gasteiger partial charge in [0.2, 0.25) is 5.62 Å². The zero-order valence-corrected chi connectivity index (χ0v) is 21.7. The van der Waals surface area contributed by atoms with E-state index in [0.717, 1.165) is 22.8 Å². The van der Waals surface area contributed by atoms with Crippen molar-refractivity contribution in [2.45, 2.75) is 25.2 Å². The number of nitrogens with zero attached hydrogens (tertiary/aromatic N) is 2. The summed E-state index contributed by atoms with van der Waals surface area (Å²) in [5.41, 5.74) is -1.75. The van der Waals surface area contributed by atoms with Crippen molar-refractivity contribution in [3.8, 4) is 0 Å². The lowest BCUT2D eigenvalue weighted by Crippen LogP contribution is -2.25. The highest BCUT2D eigenvalue weighted by molar-refractivity contribution is 6.31. The molecule has 0 saturated heterocycles. The smallest absolute Gasteiger partial charge is 0.355 e. The number of nitrogens with one attached hydrogen (secondary N) is 3. The molecule has 1 aliphatic rings. The summed E-state index contributed by atoms with van der Waals surface area (Å²) in [6.07, 6.45) is -7.72. The monoisotopic (exact) mass is 597 g/mol. The van der Waals surface area contributed by atoms with Crippen molar-refractivity contribution in [3.05, 3.63) is 99.1 Å². The topological polar surface area (TPSA) is 74.8 Å². The van der Waals surface area contributed by atoms with E-state index in [-0.39, 0.29) is 55.3 Å². The number of benzene rings is 3. The van der Waals surface area contributed by atoms with Gasteiger partial charge in [-0.1, -0.05) is 18.2 Å². The van der Waals surface area contributed by atoms with Crippen molar-refractivity contribution in [2.24, 2.45) is 7.05 Å². The fraction of sp³-hybridized carbons (Fsp3) is 0.185. The maximum atomic E-state index is 14.2. The Kier molecular flexibility index (Phi) is 6.88. The highest BCUT2D eigenvalue weighted by atomic mass is 35.5. The van der Waals surface area contributed by atoms with Crippen LogP contribution in [0.25, 0.3) is 16.7 Å². The molecular weight excluding hydrogens is 579 g/mol. The number of rotatable bonds is 6. The fourth-order valence-electron chi connectivity index (χ4n) is 4.98. The van der Waals surface area contributed by atoms with Crippen LogP contribution < -0.4 is 16.3 Å². The summed E-state index contributed by atoms with van der Waals surface area (Å²) in [6, 6.07) is 5.50. The number of hydrogen-bond acceptors (Lipinski definition) is 3. The Bertz CT molecular complexity index is 1810. The summed E-state index contributed by atoms with van der Waals surface area (Å²) >= 11 is 6.33. The number of imidazole rings is 1. The average Bonchev–Trinajstić information content (AvgIpc) is 3.34. The van der Waals surface area contributed by atoms with Crippen molar-refractivity contribution >= 4 is 39.9 Å². The maximum Gasteiger partial charge on any atom is 0.416 e. The van der Waals surface area contributed by atoms with Crippen LogP contribution in [0.2, 0.25) is 5.02 Å². The zero-order chi connectivity index (χ0) is 30.0. The molecule has 41 heavy (non-hydrogen) atoms. The number of fused-ring (bicyclic) bond motifs is 3. The molecule has 0 saturated carbocycles. The Morgan fingerprint density at radius 1 is 1.15 bits per heavy atom. The Labute approximate surface area is 232 Å². The quantitative estimate of drug-likeness (QED) is 0.219. The third kappa shape index (κ3) is 4.94. The highest BCUT2D eigenvalue weighted by Gasteiger charge is 2.38. The summed E-state index contributed by atoms with van der Waals surface area (Å²) in [7, 11) is 1.40. The van der Waals surface area contributed by atoms with E-state index in [4.69, 9.17) is 17.0 Å². The Balaban J connectivity index is 1.77. The predicted octanol–water partition coefficient (Wildman–Crippen LogP) is 6.59. The molecule has 1 unspecified atom stereocenters. The van der Waals surface area contributed by atoms with Gasteiger partial charge in [0.1, 0.15) is 11.6 Å². The SMILES string of the molecule is C=C(Nc1cc2c(c3c1C(c1cc(F)ccc1Cl)NC3=O)n(C)c(=N)n2CC(F)F)c1cc(F)cc(C(F)(F)F)c1. The van der Waals surface area contributed by atoms with Crippen molar-refractivity contribution in [2.75, 3.05) is 5.32 Å². The van der Waals surface area contributed by atoms with Crippen molar-refractivity contribution in [3.63, 3.8) is 0 Å². The number of halogens is 8. The van der Waals surface area contributed by atoms with Crippen molar-refractivity contribution in [1.29, 1.82) is 5.41 Å². The van der Waals surface area contributed by atoms with Gasteiger partial charge in [-0.25, -0.2) is 17.6 Å². The van der Waals surface area contributed by atoms with E-state index in [0.29, 0.717) is 12.1 Å². The van der Waals surface area contributed by atoms with E-state index in [1.165, 1.54) is 23.7 Å². The minimum atomic E-state index is -4.86. The normalized spacial score (nSPS) is 15.0. The molecule has 3 N–H and O–H groups in total. The standard InChI is InChI=1S/C27H19ClF7N5O/c1-11(12-5-13(27(33,34)35)7-15(30)6-12)37-18-9-19-24(39(2)26(36)40(19)10-20(31)32)22-21(18)23(38-25(22)41)16-8-14(29)3-4-17(16)28/h3-9,20,23,36-37H,1,10H2,2H3,(H,38,41). The van der Waals surface area contributed by atoms with Gasteiger partial charge in [-0.05, 0) is 42.5 Å². The second-order valence-corrected chi connectivity index (χ2v) is 9.77. The first kappa shape index (κ1) is 28.3. The lowest BCUT2D eigenvalue weighted by atomic mass is 9.94. The number of carbonyl (C=O) groups excluding carboxylic acids is 1. The molecule has 214 valence electrons. The van der Waals surface area contributed by atoms with Crippen molar-refractivity contribution < 1.29 is 35.5 Å². The average molecular weight is 598 g/mol. The molecule has 14 heteroatoms. The van der Waals surface area contributed by atoms with Gasteiger partial charge in [0.05, 0.1) is 34.7 Å². The van der Waals surface area contributed by atoms with Crippen LogP contribution in [-0.4, -0.2) is 21.5 Å². The molecule has 1 aromatic heterocycles. The van der Waals surface area contributed by atoms with E-state index in [2.05, 4.69) is 17.2 Å². The molecule has 3 aromatic carbocycles. The van der Waals surface area contributed by atoms with E-state index in [1.54, 1.807) is 0 Å². The molecule has 6 nitrogen and oxygen atoms in total. The predicted molar refractivity (Wildman–Crippen MR) is 138 cm³/mol. The number of aryl methyl sites for hydroxylation is 1. The van der Waals surface area contributed by atoms with Gasteiger partial charge in [0.25, 0.3) is 12.3 Å². The minimum Gasteiger partial charge on any atom is -0.355 e. The Morgan fingerprint density at radius 3 is 2.51 bits per heavy atom. The number of amides is 1. The van der Waals surface area contributed by atoms with Gasteiger partial charge in [0, 0.05) is 40.1 Å². The van der Waals surface area contributed by atoms with E-state index in [1.807, 2.05) is 0 Å². The third-order valence-corrected chi connectivity index (χ3v) is 7.10. The summed E-state index contributed by atoms with van der Waals surface area (Å²) < 4.78 is 97.5. The van der Waals surface area contributed by atoms with Crippen LogP contribution >= 0.6 is 11.6 Å². The second kappa shape index (κ2) is 9.98. The van der Waals surface area contributed by atoms with E-state index >= 15 is 0 Å². The number of aromatic nitrogens is 2. The van der Waals surface area contributed by atoms with Crippen LogP contribution in [0.5, 0.6) is 0 Å². The van der Waals surface area contributed by atoms with Crippen LogP contribution in [0.15, 0.2) is 49.0 Å². The molecule has 5 rings (SSSR count). The molecule has 1 amide bonds. The molecule has 0 fully saturated rings. The first-order chi connectivity index (χ1) is 19.2. The third-order valence-electron chi connectivity index (χ3n) is 6.76. The number of carbonyl (C=O) groups is 1. The Hall–Kier alpha value is -4.26. The molecule has 0 aliphatic carbocycles. The summed E-state index contributed by atoms with van der Waals surface area (Å²) in [6.45, 7) is 2.83. The maximum absolute atomic E-state index is 14.2. The number of alkyl halides is 5. The first-order valence-corrected chi connectivity index (χ1v) is 12.2. The first-order valence-electron chi connectivity index (χ1n) is 11.9. The lowest BCUT2D eigenvalue weighted by Gasteiger charge is -2.20. The summed E-state index contributed by atoms with van der Waals surface area (Å²) in [5.74, 6) is -2.55. The van der Waals surface area contributed by atoms with Crippen LogP contribution in [-0.2, 0) is 19.8 Å². The van der Waals surface area contributed by atoms with Gasteiger partial charge in [-0.2, -0.15) is 13.2 Å². The molecule has 1 atom stereocenters. The van der Waals surface area contributed by atoms with E-state index in [9.17, 15) is 35.5 Å². The molecule has 0 spiro atoms. The minimum absolute atomic E-state index is 0.00705. The second-order valence-electron chi connectivity index (χ2n) is 9.37. The van der Waals surface area contributed by atoms with Crippen LogP contribution in [0.4, 0.5) is 36.4 Å². The molecule has 2 heterocycles. The molecule has 0 radical (unpaired) electrons. The Morgan fingerprint density at radius 2 is 1.85 bits per heavy atom. The lowest BCUT2D eigenvalue weighted by molar-refractivity contribution is -0.137. The highest BCUT2D eigenvalue weighted by Crippen LogP contribution is 2.43. The zero-order valence-electron chi connectivity index (χ0n) is 20.9. The summed E-state index contributed by atoms with van der Waals surface area (Å²) in [5, 5.41) is 13.9. The van der Waals surface area contributed by atoms with Crippen molar-refractivity contribution in [1.82, 2.24) is 14.5 Å². The van der Waals surface area contributed by atoms with Gasteiger partial charge in [0.15, 0.2) is 0 Å². The van der Waals surface area contributed by atoms with Crippen LogP contribution in [0, 0.1) is 17.0 Å². The van der Waals surface area contributed by atoms with Crippen LogP contribution in [0.1, 0.15) is 38.7 Å². The molecule has 0 bridgehead atoms. The largest absolute Gasteiger partial charge is 0.416 e. The molecular formula is C27H19ClF7N5O. The van der Waals surface area contributed by atoms with Gasteiger partial charge < -0.3 is 19.8 Å². The summed E-state index contributed by atoms with van der Waals surface area (Å²) in [4.78, 5) is 13.4. The van der Waals surface area contributed by atoms with Gasteiger partial charge >= 0.3 is 6.18 Å². The molecule has 4 aromatic rings.